The molecule has 0 unspecified atom stereocenters. The fourth-order valence-corrected chi connectivity index (χ4v) is 1.21. The summed E-state index contributed by atoms with van der Waals surface area (Å²) in [4.78, 5) is 2.75. The van der Waals surface area contributed by atoms with E-state index in [2.05, 4.69) is 11.7 Å². The molecule has 0 N–H and O–H groups in total. The van der Waals surface area contributed by atoms with Gasteiger partial charge in [-0.1, -0.05) is 0 Å². The summed E-state index contributed by atoms with van der Waals surface area (Å²) in [7, 11) is 0.988. The molecule has 0 radical (unpaired) electrons. The maximum absolute atomic E-state index is 12.2. The Labute approximate surface area is 74.7 Å². The van der Waals surface area contributed by atoms with Gasteiger partial charge < -0.3 is 0 Å². The van der Waals surface area contributed by atoms with Gasteiger partial charge in [0.2, 0.25) is 0 Å². The highest BCUT2D eigenvalue weighted by molar-refractivity contribution is 8.17. The number of nitrogens with zero attached hydrogens (tertiary/aromatic N) is 1. The zero-order valence-corrected chi connectivity index (χ0v) is 7.86. The molecular formula is C6H7ClFNO2S. The summed E-state index contributed by atoms with van der Waals surface area (Å²) in [6.45, 7) is 4.12. The topological polar surface area (TPSA) is 46.5 Å². The molecular weight excluding hydrogens is 205 g/mol. The Balaban J connectivity index is 5.11. The van der Waals surface area contributed by atoms with Crippen molar-refractivity contribution in [1.82, 2.24) is 0 Å². The van der Waals surface area contributed by atoms with E-state index < -0.39 is 19.8 Å². The predicted octanol–water partition coefficient (Wildman–Crippen LogP) is 1.97. The molecule has 0 rings (SSSR count). The number of allylic oxidation sites excluding steroid dienone is 2. The highest BCUT2D eigenvalue weighted by atomic mass is 35.7. The van der Waals surface area contributed by atoms with Crippen molar-refractivity contribution in [2.75, 3.05) is 0 Å². The molecule has 6 heteroatoms. The van der Waals surface area contributed by atoms with Gasteiger partial charge in [0.1, 0.15) is 4.91 Å². The minimum atomic E-state index is -3.94. The molecule has 12 heavy (non-hydrogen) atoms. The molecule has 0 aliphatic carbocycles. The average molecular weight is 212 g/mol. The summed E-state index contributed by atoms with van der Waals surface area (Å²) in [5, 5.41) is 0. The van der Waals surface area contributed by atoms with E-state index in [0.29, 0.717) is 0 Å². The summed E-state index contributed by atoms with van der Waals surface area (Å²) in [5.74, 6) is -0.672. The number of halogens is 2. The average Bonchev–Trinajstić information content (AvgIpc) is 1.83. The van der Waals surface area contributed by atoms with Gasteiger partial charge in [-0.3, -0.25) is 4.99 Å². The Morgan fingerprint density at radius 1 is 1.67 bits per heavy atom. The Hall–Kier alpha value is -0.680. The number of rotatable bonds is 3. The van der Waals surface area contributed by atoms with Crippen molar-refractivity contribution in [3.8, 4) is 0 Å². The lowest BCUT2D eigenvalue weighted by molar-refractivity contribution is 0.613. The van der Waals surface area contributed by atoms with E-state index in [-0.39, 0.29) is 0 Å². The molecule has 0 aliphatic rings. The Bertz CT molecular complexity index is 327. The van der Waals surface area contributed by atoms with Gasteiger partial charge in [-0.2, -0.15) is 0 Å². The minimum absolute atomic E-state index is 0.417. The van der Waals surface area contributed by atoms with Crippen molar-refractivity contribution >= 4 is 26.5 Å². The van der Waals surface area contributed by atoms with E-state index in [9.17, 15) is 12.8 Å². The fourth-order valence-electron chi connectivity index (χ4n) is 0.457. The van der Waals surface area contributed by atoms with Crippen LogP contribution in [0.1, 0.15) is 6.92 Å². The lowest BCUT2D eigenvalue weighted by Crippen LogP contribution is -1.91. The molecule has 0 saturated carbocycles. The van der Waals surface area contributed by atoms with E-state index in [1.165, 1.54) is 0 Å². The highest BCUT2D eigenvalue weighted by Crippen LogP contribution is 2.15. The van der Waals surface area contributed by atoms with E-state index in [1.54, 1.807) is 0 Å². The highest BCUT2D eigenvalue weighted by Gasteiger charge is 2.11. The van der Waals surface area contributed by atoms with Crippen LogP contribution in [0.3, 0.4) is 0 Å². The second kappa shape index (κ2) is 4.37. The van der Waals surface area contributed by atoms with Crippen LogP contribution in [-0.2, 0) is 9.05 Å². The van der Waals surface area contributed by atoms with Gasteiger partial charge in [0, 0.05) is 16.9 Å². The van der Waals surface area contributed by atoms with Crippen LogP contribution in [0.5, 0.6) is 0 Å². The van der Waals surface area contributed by atoms with Crippen LogP contribution in [0.15, 0.2) is 28.0 Å². The molecule has 0 fully saturated rings. The second-order valence-corrected chi connectivity index (χ2v) is 4.45. The van der Waals surface area contributed by atoms with Crippen molar-refractivity contribution in [1.29, 1.82) is 0 Å². The molecule has 0 atom stereocenters. The van der Waals surface area contributed by atoms with E-state index >= 15 is 0 Å². The first-order valence-corrected chi connectivity index (χ1v) is 5.13. The van der Waals surface area contributed by atoms with Crippen LogP contribution in [0.25, 0.3) is 0 Å². The zero-order valence-electron chi connectivity index (χ0n) is 6.29. The quantitative estimate of drug-likeness (QED) is 0.407. The van der Waals surface area contributed by atoms with Gasteiger partial charge in [-0.15, -0.1) is 0 Å². The number of aliphatic imine (C=N–C) groups is 1. The summed E-state index contributed by atoms with van der Waals surface area (Å²) in [5.41, 5.74) is 0. The smallest absolute Gasteiger partial charge is 0.262 e. The van der Waals surface area contributed by atoms with Crippen LogP contribution in [0.2, 0.25) is 0 Å². The summed E-state index contributed by atoms with van der Waals surface area (Å²) in [6, 6.07) is 0. The Morgan fingerprint density at radius 3 is 2.42 bits per heavy atom. The third kappa shape index (κ3) is 4.25. The van der Waals surface area contributed by atoms with Gasteiger partial charge >= 0.3 is 0 Å². The van der Waals surface area contributed by atoms with E-state index in [4.69, 9.17) is 10.7 Å². The lowest BCUT2D eigenvalue weighted by atomic mass is 10.5. The molecule has 0 aromatic rings. The second-order valence-electron chi connectivity index (χ2n) is 1.88. The van der Waals surface area contributed by atoms with Crippen molar-refractivity contribution in [2.24, 2.45) is 4.99 Å². The molecule has 0 bridgehead atoms. The molecule has 68 valence electrons. The largest absolute Gasteiger partial charge is 0.271 e. The zero-order chi connectivity index (χ0) is 9.78. The van der Waals surface area contributed by atoms with Crippen LogP contribution in [0, 0.1) is 0 Å². The monoisotopic (exact) mass is 211 g/mol. The molecule has 0 aromatic carbocycles. The lowest BCUT2D eigenvalue weighted by Gasteiger charge is -1.93. The minimum Gasteiger partial charge on any atom is -0.271 e. The molecule has 0 spiro atoms. The van der Waals surface area contributed by atoms with Crippen molar-refractivity contribution in [2.45, 2.75) is 6.92 Å². The van der Waals surface area contributed by atoms with Gasteiger partial charge in [-0.05, 0) is 19.7 Å². The third-order valence-electron chi connectivity index (χ3n) is 0.841. The van der Waals surface area contributed by atoms with Crippen molar-refractivity contribution < 1.29 is 12.8 Å². The van der Waals surface area contributed by atoms with Crippen LogP contribution in [-0.4, -0.2) is 15.1 Å². The number of hydrogen-bond acceptors (Lipinski definition) is 3. The van der Waals surface area contributed by atoms with Gasteiger partial charge in [0.25, 0.3) is 9.05 Å². The molecule has 0 heterocycles. The van der Waals surface area contributed by atoms with Crippen molar-refractivity contribution in [3.63, 3.8) is 0 Å². The number of hydrogen-bond donors (Lipinski definition) is 0. The van der Waals surface area contributed by atoms with E-state index in [0.717, 1.165) is 19.2 Å². The van der Waals surface area contributed by atoms with Crippen LogP contribution >= 0.6 is 10.7 Å². The maximum atomic E-state index is 12.2. The predicted molar refractivity (Wildman–Crippen MR) is 47.3 cm³/mol. The first-order chi connectivity index (χ1) is 5.38. The van der Waals surface area contributed by atoms with Gasteiger partial charge in [0.15, 0.2) is 0 Å². The van der Waals surface area contributed by atoms with Gasteiger partial charge in [-0.25, -0.2) is 12.8 Å². The summed E-state index contributed by atoms with van der Waals surface area (Å²) < 4.78 is 33.6. The first-order valence-electron chi connectivity index (χ1n) is 2.82. The normalized spacial score (nSPS) is 14.6. The molecule has 0 aliphatic heterocycles. The Kier molecular flexibility index (Phi) is 4.12. The summed E-state index contributed by atoms with van der Waals surface area (Å²) >= 11 is 0. The molecule has 0 saturated heterocycles. The van der Waals surface area contributed by atoms with Crippen molar-refractivity contribution in [3.05, 3.63) is 23.0 Å². The van der Waals surface area contributed by atoms with Crippen LogP contribution < -0.4 is 0 Å². The van der Waals surface area contributed by atoms with Gasteiger partial charge in [0.05, 0.1) is 5.83 Å². The maximum Gasteiger partial charge on any atom is 0.262 e. The first kappa shape index (κ1) is 11.3. The third-order valence-corrected chi connectivity index (χ3v) is 2.16. The Morgan fingerprint density at radius 2 is 2.17 bits per heavy atom. The van der Waals surface area contributed by atoms with E-state index in [1.807, 2.05) is 0 Å². The fraction of sp³-hybridized carbons (Fsp3) is 0.167. The van der Waals surface area contributed by atoms with Crippen LogP contribution in [0.4, 0.5) is 4.39 Å². The molecule has 0 aromatic heterocycles. The molecule has 0 amide bonds. The molecule has 3 nitrogen and oxygen atoms in total. The SMILES string of the molecule is C=N/C=C(\C=C(/C)F)S(=O)(=O)Cl. The standard InChI is InChI=1S/C6H7ClFNO2S/c1-5(8)3-6(4-9-2)12(7,10)11/h3-4H,2H2,1H3/b5-3+,6-4+. The summed E-state index contributed by atoms with van der Waals surface area (Å²) in [6.07, 6.45) is 1.63.